The van der Waals surface area contributed by atoms with E-state index in [2.05, 4.69) is 24.5 Å². The number of likely N-dealkylation sites (tertiary alicyclic amines) is 1. The van der Waals surface area contributed by atoms with Crippen LogP contribution in [0.3, 0.4) is 0 Å². The smallest absolute Gasteiger partial charge is 0.319 e. The number of nitrogens with zero attached hydrogens (tertiary/aromatic N) is 1. The van der Waals surface area contributed by atoms with Crippen LogP contribution in [0.15, 0.2) is 24.3 Å². The molecule has 3 amide bonds. The zero-order chi connectivity index (χ0) is 18.9. The van der Waals surface area contributed by atoms with E-state index in [4.69, 9.17) is 4.74 Å². The number of carbonyl (C=O) groups excluding carboxylic acids is 2. The lowest BCUT2D eigenvalue weighted by molar-refractivity contribution is -0.136. The molecule has 2 rings (SSSR count). The largest absolute Gasteiger partial charge is 0.492 e. The fraction of sp³-hybridized carbons (Fsp3) is 0.600. The third kappa shape index (κ3) is 5.38. The van der Waals surface area contributed by atoms with Crippen LogP contribution in [0.5, 0.6) is 5.75 Å². The molecule has 1 aromatic rings. The minimum atomic E-state index is -0.234. The number of ether oxygens (including phenoxy) is 1. The molecule has 6 nitrogen and oxygen atoms in total. The third-order valence-corrected chi connectivity index (χ3v) is 4.91. The number of urea groups is 1. The highest BCUT2D eigenvalue weighted by Gasteiger charge is 2.27. The molecule has 26 heavy (non-hydrogen) atoms. The second-order valence-electron chi connectivity index (χ2n) is 6.64. The number of nitrogens with one attached hydrogen (secondary N) is 2. The molecule has 1 saturated heterocycles. The first-order valence-corrected chi connectivity index (χ1v) is 9.67. The number of hydrogen-bond acceptors (Lipinski definition) is 3. The van der Waals surface area contributed by atoms with Gasteiger partial charge in [0.2, 0.25) is 5.91 Å². The van der Waals surface area contributed by atoms with E-state index < -0.39 is 0 Å². The molecule has 144 valence electrons. The van der Waals surface area contributed by atoms with E-state index in [0.717, 1.165) is 25.7 Å². The number of carbonyl (C=O) groups is 2. The van der Waals surface area contributed by atoms with Gasteiger partial charge in [-0.1, -0.05) is 26.0 Å². The number of benzene rings is 1. The van der Waals surface area contributed by atoms with E-state index in [9.17, 15) is 9.59 Å². The van der Waals surface area contributed by atoms with Crippen LogP contribution in [0.4, 0.5) is 10.5 Å². The van der Waals surface area contributed by atoms with E-state index >= 15 is 0 Å². The van der Waals surface area contributed by atoms with Gasteiger partial charge >= 0.3 is 6.03 Å². The van der Waals surface area contributed by atoms with Gasteiger partial charge in [-0.25, -0.2) is 4.79 Å². The molecule has 1 heterocycles. The van der Waals surface area contributed by atoms with E-state index in [-0.39, 0.29) is 23.9 Å². The van der Waals surface area contributed by atoms with Crippen LogP contribution >= 0.6 is 0 Å². The summed E-state index contributed by atoms with van der Waals surface area (Å²) in [7, 11) is 0. The standard InChI is InChI=1S/C20H31N3O3/c1-4-15(5-2)19(24)23-13-11-16(12-14-23)21-20(25)22-17-9-7-8-10-18(17)26-6-3/h7-10,15-16H,4-6,11-14H2,1-3H3,(H2,21,22,25). The Morgan fingerprint density at radius 3 is 2.42 bits per heavy atom. The highest BCUT2D eigenvalue weighted by molar-refractivity contribution is 5.91. The normalized spacial score (nSPS) is 15.0. The van der Waals surface area contributed by atoms with E-state index in [1.54, 1.807) is 0 Å². The first-order valence-electron chi connectivity index (χ1n) is 9.67. The third-order valence-electron chi connectivity index (χ3n) is 4.91. The Balaban J connectivity index is 1.82. The topological polar surface area (TPSA) is 70.7 Å². The number of amides is 3. The van der Waals surface area contributed by atoms with Crippen molar-refractivity contribution in [2.75, 3.05) is 25.0 Å². The van der Waals surface area contributed by atoms with Gasteiger partial charge in [0.15, 0.2) is 0 Å². The molecule has 1 fully saturated rings. The molecule has 2 N–H and O–H groups in total. The molecular formula is C20H31N3O3. The Labute approximate surface area is 156 Å². The van der Waals surface area contributed by atoms with Crippen LogP contribution in [0, 0.1) is 5.92 Å². The van der Waals surface area contributed by atoms with Gasteiger partial charge in [-0.15, -0.1) is 0 Å². The molecule has 0 atom stereocenters. The molecule has 0 saturated carbocycles. The summed E-state index contributed by atoms with van der Waals surface area (Å²) < 4.78 is 5.53. The number of rotatable bonds is 7. The van der Waals surface area contributed by atoms with E-state index in [0.29, 0.717) is 31.1 Å². The lowest BCUT2D eigenvalue weighted by Crippen LogP contribution is -2.48. The predicted octanol–water partition coefficient (Wildman–Crippen LogP) is 3.63. The SMILES string of the molecule is CCOc1ccccc1NC(=O)NC1CCN(C(=O)C(CC)CC)CC1. The van der Waals surface area contributed by atoms with Crippen molar-refractivity contribution in [1.29, 1.82) is 0 Å². The average Bonchev–Trinajstić information content (AvgIpc) is 2.65. The van der Waals surface area contributed by atoms with Crippen molar-refractivity contribution < 1.29 is 14.3 Å². The van der Waals surface area contributed by atoms with Gasteiger partial charge in [-0.3, -0.25) is 4.79 Å². The average molecular weight is 361 g/mol. The van der Waals surface area contributed by atoms with Gasteiger partial charge in [0.25, 0.3) is 0 Å². The molecule has 0 spiro atoms. The van der Waals surface area contributed by atoms with Crippen molar-refractivity contribution in [2.45, 2.75) is 52.5 Å². The Morgan fingerprint density at radius 2 is 1.81 bits per heavy atom. The molecule has 6 heteroatoms. The van der Waals surface area contributed by atoms with Crippen LogP contribution in [0.2, 0.25) is 0 Å². The van der Waals surface area contributed by atoms with Crippen molar-refractivity contribution in [3.05, 3.63) is 24.3 Å². The summed E-state index contributed by atoms with van der Waals surface area (Å²) in [4.78, 5) is 26.7. The van der Waals surface area contributed by atoms with E-state index in [1.165, 1.54) is 0 Å². The Hall–Kier alpha value is -2.24. The molecule has 0 bridgehead atoms. The van der Waals surface area contributed by atoms with Crippen LogP contribution in [0.1, 0.15) is 46.5 Å². The summed E-state index contributed by atoms with van der Waals surface area (Å²) in [6.45, 7) is 7.98. The van der Waals surface area contributed by atoms with Gasteiger partial charge in [-0.05, 0) is 44.7 Å². The molecule has 0 radical (unpaired) electrons. The maximum absolute atomic E-state index is 12.4. The number of para-hydroxylation sites is 2. The zero-order valence-corrected chi connectivity index (χ0v) is 16.1. The molecular weight excluding hydrogens is 330 g/mol. The van der Waals surface area contributed by atoms with Gasteiger partial charge in [0.1, 0.15) is 5.75 Å². The van der Waals surface area contributed by atoms with Gasteiger partial charge in [-0.2, -0.15) is 0 Å². The predicted molar refractivity (Wildman–Crippen MR) is 103 cm³/mol. The first kappa shape index (κ1) is 20.1. The van der Waals surface area contributed by atoms with Crippen LogP contribution < -0.4 is 15.4 Å². The van der Waals surface area contributed by atoms with E-state index in [1.807, 2.05) is 36.1 Å². The highest BCUT2D eigenvalue weighted by Crippen LogP contribution is 2.23. The monoisotopic (exact) mass is 361 g/mol. The fourth-order valence-electron chi connectivity index (χ4n) is 3.34. The summed E-state index contributed by atoms with van der Waals surface area (Å²) in [5.41, 5.74) is 0.660. The second kappa shape index (κ2) is 10.0. The summed E-state index contributed by atoms with van der Waals surface area (Å²) in [6.07, 6.45) is 3.34. The van der Waals surface area contributed by atoms with Gasteiger partial charge in [0.05, 0.1) is 12.3 Å². The van der Waals surface area contributed by atoms with Crippen LogP contribution in [0.25, 0.3) is 0 Å². The number of anilines is 1. The van der Waals surface area contributed by atoms with Crippen molar-refractivity contribution in [1.82, 2.24) is 10.2 Å². The van der Waals surface area contributed by atoms with Gasteiger partial charge in [0, 0.05) is 25.0 Å². The van der Waals surface area contributed by atoms with Crippen molar-refractivity contribution in [2.24, 2.45) is 5.92 Å². The van der Waals surface area contributed by atoms with Gasteiger partial charge < -0.3 is 20.3 Å². The fourth-order valence-corrected chi connectivity index (χ4v) is 3.34. The molecule has 1 aliphatic rings. The summed E-state index contributed by atoms with van der Waals surface area (Å²) in [6, 6.07) is 7.24. The lowest BCUT2D eigenvalue weighted by atomic mass is 9.98. The van der Waals surface area contributed by atoms with Crippen molar-refractivity contribution >= 4 is 17.6 Å². The van der Waals surface area contributed by atoms with Crippen LogP contribution in [-0.2, 0) is 4.79 Å². The Morgan fingerprint density at radius 1 is 1.15 bits per heavy atom. The van der Waals surface area contributed by atoms with Crippen LogP contribution in [-0.4, -0.2) is 42.6 Å². The number of piperidine rings is 1. The maximum atomic E-state index is 12.4. The Bertz CT molecular complexity index is 594. The number of hydrogen-bond donors (Lipinski definition) is 2. The van der Waals surface area contributed by atoms with Crippen molar-refractivity contribution in [3.8, 4) is 5.75 Å². The minimum Gasteiger partial charge on any atom is -0.492 e. The maximum Gasteiger partial charge on any atom is 0.319 e. The summed E-state index contributed by atoms with van der Waals surface area (Å²) in [5.74, 6) is 1.04. The summed E-state index contributed by atoms with van der Waals surface area (Å²) >= 11 is 0. The summed E-state index contributed by atoms with van der Waals surface area (Å²) in [5, 5.41) is 5.87. The molecule has 0 unspecified atom stereocenters. The quantitative estimate of drug-likeness (QED) is 0.779. The molecule has 1 aliphatic heterocycles. The molecule has 0 aromatic heterocycles. The lowest BCUT2D eigenvalue weighted by Gasteiger charge is -2.34. The Kier molecular flexibility index (Phi) is 7.75. The van der Waals surface area contributed by atoms with Crippen molar-refractivity contribution in [3.63, 3.8) is 0 Å². The molecule has 1 aromatic carbocycles. The first-order chi connectivity index (χ1) is 12.6. The second-order valence-corrected chi connectivity index (χ2v) is 6.64. The highest BCUT2D eigenvalue weighted by atomic mass is 16.5. The minimum absolute atomic E-state index is 0.0833. The zero-order valence-electron chi connectivity index (χ0n) is 16.1. The molecule has 0 aliphatic carbocycles.